The number of hydrogen-bond acceptors (Lipinski definition) is 5. The molecule has 2 aliphatic rings. The maximum absolute atomic E-state index is 12.5. The Labute approximate surface area is 158 Å². The van der Waals surface area contributed by atoms with Crippen molar-refractivity contribution >= 4 is 17.9 Å². The molecular weight excluding hydrogens is 348 g/mol. The van der Waals surface area contributed by atoms with Crippen LogP contribution in [0, 0.1) is 0 Å². The van der Waals surface area contributed by atoms with Crippen LogP contribution in [0.15, 0.2) is 18.3 Å². The second-order valence-electron chi connectivity index (χ2n) is 6.86. The molecule has 3 rings (SSSR count). The molecule has 8 nitrogen and oxygen atoms in total. The molecule has 146 valence electrons. The van der Waals surface area contributed by atoms with Crippen molar-refractivity contribution in [2.45, 2.75) is 38.6 Å². The van der Waals surface area contributed by atoms with Gasteiger partial charge in [-0.25, -0.2) is 4.79 Å². The molecule has 0 bridgehead atoms. The lowest BCUT2D eigenvalue weighted by atomic mass is 10.1. The largest absolute Gasteiger partial charge is 0.450 e. The van der Waals surface area contributed by atoms with Crippen LogP contribution in [-0.2, 0) is 4.74 Å². The normalized spacial score (nSPS) is 17.7. The van der Waals surface area contributed by atoms with Gasteiger partial charge >= 0.3 is 6.09 Å². The van der Waals surface area contributed by atoms with Crippen LogP contribution < -0.4 is 5.32 Å². The topological polar surface area (TPSA) is 91.8 Å². The van der Waals surface area contributed by atoms with Gasteiger partial charge in [-0.2, -0.15) is 0 Å². The Bertz CT molecular complexity index is 695. The Kier molecular flexibility index (Phi) is 6.26. The van der Waals surface area contributed by atoms with Gasteiger partial charge in [0.2, 0.25) is 0 Å². The van der Waals surface area contributed by atoms with Crippen molar-refractivity contribution in [2.24, 2.45) is 0 Å². The number of rotatable bonds is 4. The van der Waals surface area contributed by atoms with Gasteiger partial charge in [-0.1, -0.05) is 0 Å². The molecule has 1 N–H and O–H groups in total. The molecule has 3 amide bonds. The maximum atomic E-state index is 12.5. The maximum Gasteiger partial charge on any atom is 0.409 e. The van der Waals surface area contributed by atoms with Crippen molar-refractivity contribution in [2.75, 3.05) is 32.8 Å². The zero-order valence-corrected chi connectivity index (χ0v) is 15.6. The number of carbonyl (C=O) groups is 3. The molecule has 27 heavy (non-hydrogen) atoms. The van der Waals surface area contributed by atoms with Crippen molar-refractivity contribution in [3.05, 3.63) is 29.6 Å². The molecule has 0 radical (unpaired) electrons. The van der Waals surface area contributed by atoms with E-state index in [1.807, 2.05) is 4.90 Å². The van der Waals surface area contributed by atoms with Crippen LogP contribution in [0.2, 0.25) is 0 Å². The smallest absolute Gasteiger partial charge is 0.409 e. The van der Waals surface area contributed by atoms with Crippen molar-refractivity contribution in [3.63, 3.8) is 0 Å². The molecule has 0 aromatic carbocycles. The molecule has 8 heteroatoms. The Morgan fingerprint density at radius 2 is 1.85 bits per heavy atom. The van der Waals surface area contributed by atoms with Crippen LogP contribution in [0.3, 0.4) is 0 Å². The van der Waals surface area contributed by atoms with E-state index in [1.54, 1.807) is 24.0 Å². The van der Waals surface area contributed by atoms with E-state index in [4.69, 9.17) is 4.74 Å². The molecular formula is C19H26N4O4. The Hall–Kier alpha value is -2.64. The molecule has 0 saturated carbocycles. The molecule has 1 aromatic rings. The fourth-order valence-electron chi connectivity index (χ4n) is 3.47. The van der Waals surface area contributed by atoms with Crippen LogP contribution in [-0.4, -0.2) is 71.5 Å². The molecule has 3 heterocycles. The Balaban J connectivity index is 1.55. The first-order valence-electron chi connectivity index (χ1n) is 9.56. The summed E-state index contributed by atoms with van der Waals surface area (Å²) in [5.41, 5.74) is 0.738. The molecule has 0 atom stereocenters. The van der Waals surface area contributed by atoms with Crippen LogP contribution in [0.25, 0.3) is 0 Å². The number of amides is 3. The number of likely N-dealkylation sites (tertiary alicyclic amines) is 2. The van der Waals surface area contributed by atoms with E-state index in [-0.39, 0.29) is 29.6 Å². The quantitative estimate of drug-likeness (QED) is 0.865. The van der Waals surface area contributed by atoms with Gasteiger partial charge in [0.15, 0.2) is 0 Å². The minimum atomic E-state index is -0.308. The number of ether oxygens (including phenoxy) is 1. The van der Waals surface area contributed by atoms with Crippen LogP contribution >= 0.6 is 0 Å². The molecule has 0 aliphatic carbocycles. The summed E-state index contributed by atoms with van der Waals surface area (Å²) in [6, 6.07) is 3.18. The number of piperidine rings is 1. The summed E-state index contributed by atoms with van der Waals surface area (Å²) in [5, 5.41) is 2.96. The fourth-order valence-corrected chi connectivity index (χ4v) is 3.47. The number of aromatic nitrogens is 1. The molecule has 2 aliphatic heterocycles. The van der Waals surface area contributed by atoms with Gasteiger partial charge in [-0.3, -0.25) is 14.6 Å². The summed E-state index contributed by atoms with van der Waals surface area (Å²) in [7, 11) is 0. The SMILES string of the molecule is CCOC(=O)N1CCC(NC(=O)c2cc(C(=O)N3CCCC3)ccn2)CC1. The van der Waals surface area contributed by atoms with Gasteiger partial charge in [0.05, 0.1) is 6.61 Å². The zero-order valence-electron chi connectivity index (χ0n) is 15.6. The summed E-state index contributed by atoms with van der Waals surface area (Å²) >= 11 is 0. The third-order valence-corrected chi connectivity index (χ3v) is 4.99. The van der Waals surface area contributed by atoms with Gasteiger partial charge < -0.3 is 19.9 Å². The first kappa shape index (κ1) is 19.1. The van der Waals surface area contributed by atoms with Crippen molar-refractivity contribution < 1.29 is 19.1 Å². The van der Waals surface area contributed by atoms with Crippen LogP contribution in [0.1, 0.15) is 53.5 Å². The van der Waals surface area contributed by atoms with Crippen molar-refractivity contribution in [3.8, 4) is 0 Å². The summed E-state index contributed by atoms with van der Waals surface area (Å²) in [4.78, 5) is 44.3. The van der Waals surface area contributed by atoms with Crippen LogP contribution in [0.4, 0.5) is 4.79 Å². The standard InChI is InChI=1S/C19H26N4O4/c1-2-27-19(26)23-11-6-15(7-12-23)21-17(24)16-13-14(5-8-20-16)18(25)22-9-3-4-10-22/h5,8,13,15H,2-4,6-7,9-12H2,1H3,(H,21,24). The Morgan fingerprint density at radius 3 is 2.52 bits per heavy atom. The van der Waals surface area contributed by atoms with Gasteiger partial charge in [-0.05, 0) is 44.7 Å². The summed E-state index contributed by atoms with van der Waals surface area (Å²) in [6.45, 7) is 4.76. The number of nitrogens with zero attached hydrogens (tertiary/aromatic N) is 3. The molecule has 0 unspecified atom stereocenters. The summed E-state index contributed by atoms with van der Waals surface area (Å²) in [5.74, 6) is -0.340. The third kappa shape index (κ3) is 4.75. The first-order valence-corrected chi connectivity index (χ1v) is 9.56. The van der Waals surface area contributed by atoms with E-state index >= 15 is 0 Å². The van der Waals surface area contributed by atoms with Crippen molar-refractivity contribution in [1.82, 2.24) is 20.1 Å². The molecule has 0 spiro atoms. The van der Waals surface area contributed by atoms with E-state index in [0.29, 0.717) is 38.1 Å². The zero-order chi connectivity index (χ0) is 19.2. The summed E-state index contributed by atoms with van der Waals surface area (Å²) < 4.78 is 5.00. The molecule has 2 saturated heterocycles. The summed E-state index contributed by atoms with van der Waals surface area (Å²) in [6.07, 6.45) is 4.57. The fraction of sp³-hybridized carbons (Fsp3) is 0.579. The minimum absolute atomic E-state index is 0.0251. The number of pyridine rings is 1. The minimum Gasteiger partial charge on any atom is -0.450 e. The highest BCUT2D eigenvalue weighted by atomic mass is 16.6. The molecule has 2 fully saturated rings. The first-order chi connectivity index (χ1) is 13.1. The Morgan fingerprint density at radius 1 is 1.15 bits per heavy atom. The average Bonchev–Trinajstić information content (AvgIpc) is 3.23. The van der Waals surface area contributed by atoms with Gasteiger partial charge in [0, 0.05) is 44.0 Å². The van der Waals surface area contributed by atoms with E-state index in [0.717, 1.165) is 25.9 Å². The number of nitrogens with one attached hydrogen (secondary N) is 1. The number of hydrogen-bond donors (Lipinski definition) is 1. The lowest BCUT2D eigenvalue weighted by Crippen LogP contribution is -2.46. The molecule has 1 aromatic heterocycles. The van der Waals surface area contributed by atoms with Gasteiger partial charge in [-0.15, -0.1) is 0 Å². The van der Waals surface area contributed by atoms with E-state index in [2.05, 4.69) is 10.3 Å². The van der Waals surface area contributed by atoms with E-state index in [1.165, 1.54) is 6.20 Å². The van der Waals surface area contributed by atoms with E-state index < -0.39 is 0 Å². The van der Waals surface area contributed by atoms with E-state index in [9.17, 15) is 14.4 Å². The highest BCUT2D eigenvalue weighted by Crippen LogP contribution is 2.15. The second-order valence-corrected chi connectivity index (χ2v) is 6.86. The van der Waals surface area contributed by atoms with Crippen LogP contribution in [0.5, 0.6) is 0 Å². The third-order valence-electron chi connectivity index (χ3n) is 4.99. The second kappa shape index (κ2) is 8.83. The van der Waals surface area contributed by atoms with Gasteiger partial charge in [0.25, 0.3) is 11.8 Å². The predicted molar refractivity (Wildman–Crippen MR) is 98.5 cm³/mol. The van der Waals surface area contributed by atoms with Crippen molar-refractivity contribution in [1.29, 1.82) is 0 Å². The van der Waals surface area contributed by atoms with Gasteiger partial charge in [0.1, 0.15) is 5.69 Å². The highest BCUT2D eigenvalue weighted by molar-refractivity contribution is 5.98. The average molecular weight is 374 g/mol. The predicted octanol–water partition coefficient (Wildman–Crippen LogP) is 1.67. The lowest BCUT2D eigenvalue weighted by Gasteiger charge is -2.31. The lowest BCUT2D eigenvalue weighted by molar-refractivity contribution is 0.0792. The highest BCUT2D eigenvalue weighted by Gasteiger charge is 2.26. The number of carbonyl (C=O) groups excluding carboxylic acids is 3. The monoisotopic (exact) mass is 374 g/mol.